The van der Waals surface area contributed by atoms with E-state index in [9.17, 15) is 9.59 Å². The minimum atomic E-state index is -0.159. The molecule has 2 aliphatic heterocycles. The number of carbonyl (C=O) groups is 2. The highest BCUT2D eigenvalue weighted by Crippen LogP contribution is 2.45. The van der Waals surface area contributed by atoms with Gasteiger partial charge in [-0.15, -0.1) is 0 Å². The molecule has 1 atom stereocenters. The summed E-state index contributed by atoms with van der Waals surface area (Å²) < 4.78 is 11.1. The van der Waals surface area contributed by atoms with Crippen molar-refractivity contribution in [1.29, 1.82) is 0 Å². The van der Waals surface area contributed by atoms with Crippen LogP contribution in [0.25, 0.3) is 0 Å². The average Bonchev–Trinajstić information content (AvgIpc) is 3.30. The van der Waals surface area contributed by atoms with E-state index < -0.39 is 0 Å². The summed E-state index contributed by atoms with van der Waals surface area (Å²) in [4.78, 5) is 27.8. The lowest BCUT2D eigenvalue weighted by Crippen LogP contribution is -2.44. The molecule has 1 spiro atoms. The van der Waals surface area contributed by atoms with Crippen molar-refractivity contribution in [2.45, 2.75) is 39.5 Å². The molecule has 4 rings (SSSR count). The average molecular weight is 360 g/mol. The highest BCUT2D eigenvalue weighted by molar-refractivity contribution is 5.96. The fraction of sp³-hybridized carbons (Fsp3) is 0.700. The highest BCUT2D eigenvalue weighted by atomic mass is 16.5. The van der Waals surface area contributed by atoms with Crippen molar-refractivity contribution in [2.24, 2.45) is 17.3 Å². The van der Waals surface area contributed by atoms with Gasteiger partial charge in [-0.05, 0) is 51.5 Å². The number of nitrogens with one attached hydrogen (secondary N) is 1. The summed E-state index contributed by atoms with van der Waals surface area (Å²) in [5, 5.41) is 3.14. The molecule has 3 fully saturated rings. The second kappa shape index (κ2) is 6.72. The molecule has 2 saturated heterocycles. The minimum Gasteiger partial charge on any atom is -0.466 e. The first-order valence-electron chi connectivity index (χ1n) is 9.70. The zero-order valence-corrected chi connectivity index (χ0v) is 15.7. The van der Waals surface area contributed by atoms with Crippen LogP contribution >= 0.6 is 0 Å². The number of likely N-dealkylation sites (tertiary alicyclic amines) is 1. The van der Waals surface area contributed by atoms with Crippen molar-refractivity contribution in [3.8, 4) is 0 Å². The van der Waals surface area contributed by atoms with E-state index in [-0.39, 0.29) is 23.1 Å². The summed E-state index contributed by atoms with van der Waals surface area (Å²) in [5.41, 5.74) is 0.456. The van der Waals surface area contributed by atoms with Crippen LogP contribution in [-0.2, 0) is 9.53 Å². The third-order valence-electron chi connectivity index (χ3n) is 6.27. The van der Waals surface area contributed by atoms with Gasteiger partial charge in [-0.1, -0.05) is 0 Å². The molecule has 6 heteroatoms. The minimum absolute atomic E-state index is 0.0253. The second-order valence-electron chi connectivity index (χ2n) is 8.23. The molecule has 3 aliphatic rings. The van der Waals surface area contributed by atoms with Gasteiger partial charge >= 0.3 is 0 Å². The number of carbonyl (C=O) groups excluding carboxylic acids is 2. The Hall–Kier alpha value is -1.82. The van der Waals surface area contributed by atoms with Gasteiger partial charge in [-0.2, -0.15) is 0 Å². The van der Waals surface area contributed by atoms with Crippen molar-refractivity contribution < 1.29 is 18.7 Å². The van der Waals surface area contributed by atoms with Crippen LogP contribution in [0, 0.1) is 31.1 Å². The lowest BCUT2D eigenvalue weighted by molar-refractivity contribution is -0.129. The van der Waals surface area contributed by atoms with Crippen molar-refractivity contribution in [3.63, 3.8) is 0 Å². The Morgan fingerprint density at radius 3 is 2.62 bits per heavy atom. The smallest absolute Gasteiger partial charge is 0.257 e. The van der Waals surface area contributed by atoms with E-state index in [1.807, 2.05) is 18.7 Å². The van der Waals surface area contributed by atoms with Gasteiger partial charge in [0.15, 0.2) is 0 Å². The van der Waals surface area contributed by atoms with Gasteiger partial charge in [0, 0.05) is 38.3 Å². The number of hydrogen-bond donors (Lipinski definition) is 1. The molecule has 0 bridgehead atoms. The normalized spacial score (nSPS) is 24.8. The topological polar surface area (TPSA) is 71.8 Å². The summed E-state index contributed by atoms with van der Waals surface area (Å²) in [6.07, 6.45) is 4.10. The standard InChI is InChI=1S/C20H28N2O4/c1-13-9-16(14(2)26-13)19(24)22-11-17(18(23)21-10-15-3-4-15)20(12-22)5-7-25-8-6-20/h9,15,17H,3-8,10-12H2,1-2H3,(H,21,23)/t17-/m1/s1. The number of nitrogens with zero attached hydrogens (tertiary/aromatic N) is 1. The Morgan fingerprint density at radius 2 is 2.00 bits per heavy atom. The van der Waals surface area contributed by atoms with Crippen LogP contribution in [0.1, 0.15) is 47.6 Å². The Labute approximate surface area is 154 Å². The maximum absolute atomic E-state index is 13.1. The zero-order valence-electron chi connectivity index (χ0n) is 15.7. The Bertz CT molecular complexity index is 701. The Kier molecular flexibility index (Phi) is 4.55. The molecule has 1 aromatic rings. The van der Waals surface area contributed by atoms with Crippen molar-refractivity contribution in [2.75, 3.05) is 32.8 Å². The van der Waals surface area contributed by atoms with E-state index in [2.05, 4.69) is 5.32 Å². The number of furan rings is 1. The van der Waals surface area contributed by atoms with E-state index >= 15 is 0 Å². The highest BCUT2D eigenvalue weighted by Gasteiger charge is 2.52. The van der Waals surface area contributed by atoms with Crippen LogP contribution in [0.3, 0.4) is 0 Å². The maximum Gasteiger partial charge on any atom is 0.257 e. The van der Waals surface area contributed by atoms with Crippen LogP contribution < -0.4 is 5.32 Å². The van der Waals surface area contributed by atoms with Crippen LogP contribution in [-0.4, -0.2) is 49.6 Å². The zero-order chi connectivity index (χ0) is 18.3. The van der Waals surface area contributed by atoms with Crippen LogP contribution in [0.2, 0.25) is 0 Å². The fourth-order valence-electron chi connectivity index (χ4n) is 4.47. The third kappa shape index (κ3) is 3.27. The quantitative estimate of drug-likeness (QED) is 0.894. The lowest BCUT2D eigenvalue weighted by atomic mass is 9.71. The molecule has 142 valence electrons. The van der Waals surface area contributed by atoms with Crippen LogP contribution in [0.5, 0.6) is 0 Å². The monoisotopic (exact) mass is 360 g/mol. The first-order chi connectivity index (χ1) is 12.5. The van der Waals surface area contributed by atoms with Crippen molar-refractivity contribution in [1.82, 2.24) is 10.2 Å². The van der Waals surface area contributed by atoms with Gasteiger partial charge in [-0.3, -0.25) is 9.59 Å². The molecule has 1 N–H and O–H groups in total. The number of aryl methyl sites for hydroxylation is 2. The predicted octanol–water partition coefficient (Wildman–Crippen LogP) is 2.29. The SMILES string of the molecule is Cc1cc(C(=O)N2C[C@H](C(=O)NCC3CC3)C3(CCOCC3)C2)c(C)o1. The third-order valence-corrected chi connectivity index (χ3v) is 6.27. The molecule has 1 aromatic heterocycles. The van der Waals surface area contributed by atoms with Gasteiger partial charge in [-0.25, -0.2) is 0 Å². The van der Waals surface area contributed by atoms with Gasteiger partial charge in [0.05, 0.1) is 11.5 Å². The summed E-state index contributed by atoms with van der Waals surface area (Å²) in [6.45, 7) is 6.88. The van der Waals surface area contributed by atoms with Gasteiger partial charge < -0.3 is 19.4 Å². The molecule has 3 heterocycles. The van der Waals surface area contributed by atoms with E-state index in [1.54, 1.807) is 6.07 Å². The Balaban J connectivity index is 1.53. The lowest BCUT2D eigenvalue weighted by Gasteiger charge is -2.37. The molecule has 6 nitrogen and oxygen atoms in total. The molecular formula is C20H28N2O4. The number of hydrogen-bond acceptors (Lipinski definition) is 4. The molecule has 1 aliphatic carbocycles. The largest absolute Gasteiger partial charge is 0.466 e. The molecule has 0 radical (unpaired) electrons. The summed E-state index contributed by atoms with van der Waals surface area (Å²) in [6, 6.07) is 1.80. The van der Waals surface area contributed by atoms with E-state index in [0.717, 1.165) is 25.1 Å². The van der Waals surface area contributed by atoms with E-state index in [4.69, 9.17) is 9.15 Å². The molecule has 0 unspecified atom stereocenters. The van der Waals surface area contributed by atoms with E-state index in [0.29, 0.717) is 43.5 Å². The van der Waals surface area contributed by atoms with Crippen molar-refractivity contribution >= 4 is 11.8 Å². The van der Waals surface area contributed by atoms with Crippen LogP contribution in [0.4, 0.5) is 0 Å². The predicted molar refractivity (Wildman–Crippen MR) is 95.8 cm³/mol. The Morgan fingerprint density at radius 1 is 1.27 bits per heavy atom. The number of amides is 2. The first-order valence-corrected chi connectivity index (χ1v) is 9.70. The van der Waals surface area contributed by atoms with Gasteiger partial charge in [0.2, 0.25) is 5.91 Å². The van der Waals surface area contributed by atoms with Gasteiger partial charge in [0.25, 0.3) is 5.91 Å². The number of rotatable bonds is 4. The summed E-state index contributed by atoms with van der Waals surface area (Å²) in [7, 11) is 0. The van der Waals surface area contributed by atoms with Gasteiger partial charge in [0.1, 0.15) is 11.5 Å². The number of ether oxygens (including phenoxy) is 1. The summed E-state index contributed by atoms with van der Waals surface area (Å²) in [5.74, 6) is 1.97. The summed E-state index contributed by atoms with van der Waals surface area (Å²) >= 11 is 0. The molecule has 26 heavy (non-hydrogen) atoms. The molecule has 2 amide bonds. The molecular weight excluding hydrogens is 332 g/mol. The van der Waals surface area contributed by atoms with E-state index in [1.165, 1.54) is 12.8 Å². The molecule has 1 saturated carbocycles. The van der Waals surface area contributed by atoms with Crippen LogP contribution in [0.15, 0.2) is 10.5 Å². The maximum atomic E-state index is 13.1. The first kappa shape index (κ1) is 17.6. The van der Waals surface area contributed by atoms with Crippen molar-refractivity contribution in [3.05, 3.63) is 23.2 Å². The molecule has 0 aromatic carbocycles. The second-order valence-corrected chi connectivity index (χ2v) is 8.23. The fourth-order valence-corrected chi connectivity index (χ4v) is 4.47.